The van der Waals surface area contributed by atoms with Crippen molar-refractivity contribution in [3.05, 3.63) is 29.8 Å². The maximum atomic E-state index is 12.1. The summed E-state index contributed by atoms with van der Waals surface area (Å²) in [7, 11) is -2.71. The molecule has 1 rings (SSSR count). The fourth-order valence-electron chi connectivity index (χ4n) is 1.42. The van der Waals surface area contributed by atoms with Crippen LogP contribution in [0.4, 0.5) is 13.2 Å². The van der Waals surface area contributed by atoms with Gasteiger partial charge in [0.2, 0.25) is 10.0 Å². The van der Waals surface area contributed by atoms with E-state index in [1.807, 2.05) is 0 Å². The highest BCUT2D eigenvalue weighted by molar-refractivity contribution is 7.89. The molecule has 0 heterocycles. The van der Waals surface area contributed by atoms with Crippen molar-refractivity contribution in [1.82, 2.24) is 4.31 Å². The van der Waals surface area contributed by atoms with Gasteiger partial charge in [-0.05, 0) is 18.6 Å². The molecule has 0 saturated heterocycles. The molecule has 0 aliphatic carbocycles. The molecule has 0 atom stereocenters. The molecular weight excluding hydrogens is 267 g/mol. The first-order valence-electron chi connectivity index (χ1n) is 5.23. The third-order valence-corrected chi connectivity index (χ3v) is 4.51. The van der Waals surface area contributed by atoms with Gasteiger partial charge >= 0.3 is 6.18 Å². The number of hydrogen-bond donors (Lipinski definition) is 0. The van der Waals surface area contributed by atoms with Crippen LogP contribution in [0, 0.1) is 6.92 Å². The van der Waals surface area contributed by atoms with Gasteiger partial charge < -0.3 is 0 Å². The van der Waals surface area contributed by atoms with Gasteiger partial charge in [-0.2, -0.15) is 13.2 Å². The van der Waals surface area contributed by atoms with Crippen molar-refractivity contribution in [2.75, 3.05) is 13.6 Å². The second kappa shape index (κ2) is 5.27. The van der Waals surface area contributed by atoms with Gasteiger partial charge in [-0.15, -0.1) is 0 Å². The Morgan fingerprint density at radius 1 is 1.22 bits per heavy atom. The predicted molar refractivity (Wildman–Crippen MR) is 61.7 cm³/mol. The van der Waals surface area contributed by atoms with Gasteiger partial charge in [0, 0.05) is 13.6 Å². The largest absolute Gasteiger partial charge is 0.390 e. The Hall–Kier alpha value is -1.08. The average Bonchev–Trinajstić information content (AvgIpc) is 2.25. The molecule has 1 aromatic rings. The Bertz CT molecular complexity index is 511. The minimum atomic E-state index is -4.37. The summed E-state index contributed by atoms with van der Waals surface area (Å²) >= 11 is 0. The molecule has 102 valence electrons. The van der Waals surface area contributed by atoms with Gasteiger partial charge in [-0.3, -0.25) is 0 Å². The van der Waals surface area contributed by atoms with Crippen LogP contribution in [0.1, 0.15) is 12.0 Å². The van der Waals surface area contributed by atoms with E-state index < -0.39 is 29.2 Å². The van der Waals surface area contributed by atoms with Crippen molar-refractivity contribution in [3.8, 4) is 0 Å². The Morgan fingerprint density at radius 3 is 2.28 bits per heavy atom. The zero-order chi connectivity index (χ0) is 14.0. The van der Waals surface area contributed by atoms with E-state index in [9.17, 15) is 21.6 Å². The monoisotopic (exact) mass is 281 g/mol. The molecule has 0 fully saturated rings. The summed E-state index contributed by atoms with van der Waals surface area (Å²) in [5.74, 6) is 0. The summed E-state index contributed by atoms with van der Waals surface area (Å²) in [5.41, 5.74) is 0.511. The summed E-state index contributed by atoms with van der Waals surface area (Å²) in [6.45, 7) is 1.02. The molecule has 0 radical (unpaired) electrons. The van der Waals surface area contributed by atoms with E-state index in [1.165, 1.54) is 12.1 Å². The smallest absolute Gasteiger partial charge is 0.207 e. The minimum absolute atomic E-state index is 0.0367. The van der Waals surface area contributed by atoms with Crippen molar-refractivity contribution < 1.29 is 21.6 Å². The van der Waals surface area contributed by atoms with Crippen LogP contribution in [0.25, 0.3) is 0 Å². The standard InChI is InChI=1S/C11H14F3NO2S/c1-9-5-3-4-6-10(9)18(16,17)15(2)8-7-11(12,13)14/h3-6H,7-8H2,1-2H3. The van der Waals surface area contributed by atoms with Crippen molar-refractivity contribution in [2.24, 2.45) is 0 Å². The lowest BCUT2D eigenvalue weighted by Crippen LogP contribution is -2.31. The van der Waals surface area contributed by atoms with Crippen LogP contribution in [0.15, 0.2) is 29.2 Å². The molecule has 1 aromatic carbocycles. The Labute approximate surface area is 104 Å². The van der Waals surface area contributed by atoms with E-state index in [2.05, 4.69) is 0 Å². The number of halogens is 3. The summed E-state index contributed by atoms with van der Waals surface area (Å²) in [4.78, 5) is 0.0367. The molecule has 0 N–H and O–H groups in total. The van der Waals surface area contributed by atoms with Crippen molar-refractivity contribution >= 4 is 10.0 Å². The van der Waals surface area contributed by atoms with Crippen molar-refractivity contribution in [2.45, 2.75) is 24.4 Å². The Morgan fingerprint density at radius 2 is 1.78 bits per heavy atom. The predicted octanol–water partition coefficient (Wildman–Crippen LogP) is 2.57. The molecule has 0 aromatic heterocycles. The minimum Gasteiger partial charge on any atom is -0.207 e. The summed E-state index contributed by atoms with van der Waals surface area (Å²) < 4.78 is 61.0. The molecule has 3 nitrogen and oxygen atoms in total. The molecule has 0 saturated carbocycles. The van der Waals surface area contributed by atoms with E-state index in [-0.39, 0.29) is 4.90 Å². The molecule has 0 amide bonds. The Balaban J connectivity index is 2.91. The van der Waals surface area contributed by atoms with Gasteiger partial charge in [0.15, 0.2) is 0 Å². The maximum absolute atomic E-state index is 12.1. The summed E-state index contributed by atoms with van der Waals surface area (Å²) in [6.07, 6.45) is -5.52. The van der Waals surface area contributed by atoms with Gasteiger partial charge in [0.1, 0.15) is 0 Å². The third kappa shape index (κ3) is 3.71. The lowest BCUT2D eigenvalue weighted by Gasteiger charge is -2.19. The van der Waals surface area contributed by atoms with E-state index in [0.29, 0.717) is 5.56 Å². The second-order valence-electron chi connectivity index (χ2n) is 3.96. The molecular formula is C11H14F3NO2S. The number of hydrogen-bond acceptors (Lipinski definition) is 2. The number of nitrogens with zero attached hydrogens (tertiary/aromatic N) is 1. The average molecular weight is 281 g/mol. The SMILES string of the molecule is Cc1ccccc1S(=O)(=O)N(C)CCC(F)(F)F. The lowest BCUT2D eigenvalue weighted by molar-refractivity contribution is -0.135. The zero-order valence-electron chi connectivity index (χ0n) is 10.0. The molecule has 0 bridgehead atoms. The zero-order valence-corrected chi connectivity index (χ0v) is 10.8. The lowest BCUT2D eigenvalue weighted by atomic mass is 10.2. The highest BCUT2D eigenvalue weighted by Crippen LogP contribution is 2.23. The summed E-state index contributed by atoms with van der Waals surface area (Å²) in [5, 5.41) is 0. The summed E-state index contributed by atoms with van der Waals surface area (Å²) in [6, 6.07) is 6.20. The van der Waals surface area contributed by atoms with Crippen LogP contribution >= 0.6 is 0 Å². The molecule has 0 unspecified atom stereocenters. The number of rotatable bonds is 4. The van der Waals surface area contributed by atoms with Crippen molar-refractivity contribution in [3.63, 3.8) is 0 Å². The number of benzene rings is 1. The Kier molecular flexibility index (Phi) is 4.39. The van der Waals surface area contributed by atoms with E-state index in [0.717, 1.165) is 11.4 Å². The quantitative estimate of drug-likeness (QED) is 0.850. The first kappa shape index (κ1) is 15.0. The normalized spacial score (nSPS) is 13.0. The fraction of sp³-hybridized carbons (Fsp3) is 0.455. The van der Waals surface area contributed by atoms with Gasteiger partial charge in [0.05, 0.1) is 11.3 Å². The second-order valence-corrected chi connectivity index (χ2v) is 5.97. The fourth-order valence-corrected chi connectivity index (χ4v) is 2.81. The van der Waals surface area contributed by atoms with Gasteiger partial charge in [0.25, 0.3) is 0 Å². The molecule has 0 aliphatic heterocycles. The first-order valence-corrected chi connectivity index (χ1v) is 6.67. The maximum Gasteiger partial charge on any atom is 0.390 e. The van der Waals surface area contributed by atoms with Crippen LogP contribution < -0.4 is 0 Å². The number of aryl methyl sites for hydroxylation is 1. The van der Waals surface area contributed by atoms with Crippen LogP contribution in [0.2, 0.25) is 0 Å². The first-order chi connectivity index (χ1) is 8.14. The van der Waals surface area contributed by atoms with Crippen LogP contribution in [-0.2, 0) is 10.0 Å². The molecule has 0 spiro atoms. The van der Waals surface area contributed by atoms with Gasteiger partial charge in [-0.25, -0.2) is 12.7 Å². The van der Waals surface area contributed by atoms with Crippen LogP contribution in [0.5, 0.6) is 0 Å². The molecule has 18 heavy (non-hydrogen) atoms. The number of sulfonamides is 1. The van der Waals surface area contributed by atoms with Crippen LogP contribution in [-0.4, -0.2) is 32.5 Å². The molecule has 7 heteroatoms. The topological polar surface area (TPSA) is 37.4 Å². The number of alkyl halides is 3. The highest BCUT2D eigenvalue weighted by atomic mass is 32.2. The molecule has 0 aliphatic rings. The third-order valence-electron chi connectivity index (χ3n) is 2.49. The highest BCUT2D eigenvalue weighted by Gasteiger charge is 2.30. The van der Waals surface area contributed by atoms with Crippen molar-refractivity contribution in [1.29, 1.82) is 0 Å². The van der Waals surface area contributed by atoms with E-state index in [4.69, 9.17) is 0 Å². The van der Waals surface area contributed by atoms with E-state index in [1.54, 1.807) is 19.1 Å². The van der Waals surface area contributed by atoms with Crippen LogP contribution in [0.3, 0.4) is 0 Å². The van der Waals surface area contributed by atoms with E-state index >= 15 is 0 Å². The van der Waals surface area contributed by atoms with Gasteiger partial charge in [-0.1, -0.05) is 18.2 Å².